The summed E-state index contributed by atoms with van der Waals surface area (Å²) in [5, 5.41) is 5.42. The molecule has 0 N–H and O–H groups in total. The lowest BCUT2D eigenvalue weighted by molar-refractivity contribution is -0.333. The third kappa shape index (κ3) is 16.7. The first-order chi connectivity index (χ1) is 15.3. The number of hydrogen-bond donors (Lipinski definition) is 0. The summed E-state index contributed by atoms with van der Waals surface area (Å²) in [4.78, 5) is 22.4. The Morgan fingerprint density at radius 2 is 1.58 bits per heavy atom. The van der Waals surface area contributed by atoms with E-state index in [1.165, 1.54) is 83.0 Å². The predicted octanol–water partition coefficient (Wildman–Crippen LogP) is 6.63. The van der Waals surface area contributed by atoms with E-state index in [1.54, 1.807) is 6.20 Å². The standard InChI is InChI=1S/C25H45N3O3/c1-3-4-5-6-7-8-9-10-11-12-13-14-15-16-17-20-25(29)31-28(30-2)24-19-23-27-22-18-21-26-27/h10-11,18,21-22H,3-9,12-17,19-20,23-24H2,1-2H3/b11-10-. The van der Waals surface area contributed by atoms with Gasteiger partial charge in [-0.25, -0.2) is 0 Å². The van der Waals surface area contributed by atoms with E-state index in [9.17, 15) is 4.79 Å². The summed E-state index contributed by atoms with van der Waals surface area (Å²) < 4.78 is 1.85. The monoisotopic (exact) mass is 435 g/mol. The largest absolute Gasteiger partial charge is 0.342 e. The molecule has 0 aliphatic heterocycles. The zero-order chi connectivity index (χ0) is 22.4. The predicted molar refractivity (Wildman–Crippen MR) is 126 cm³/mol. The number of carbonyl (C=O) groups excluding carboxylic acids is 1. The topological polar surface area (TPSA) is 56.6 Å². The van der Waals surface area contributed by atoms with E-state index in [4.69, 9.17) is 9.68 Å². The van der Waals surface area contributed by atoms with E-state index in [0.29, 0.717) is 13.0 Å². The molecular formula is C25H45N3O3. The van der Waals surface area contributed by atoms with E-state index in [2.05, 4.69) is 24.2 Å². The Bertz CT molecular complexity index is 546. The van der Waals surface area contributed by atoms with Crippen molar-refractivity contribution in [1.29, 1.82) is 0 Å². The van der Waals surface area contributed by atoms with Crippen molar-refractivity contribution in [3.63, 3.8) is 0 Å². The van der Waals surface area contributed by atoms with E-state index in [1.807, 2.05) is 16.9 Å². The van der Waals surface area contributed by atoms with Crippen molar-refractivity contribution < 1.29 is 14.5 Å². The maximum Gasteiger partial charge on any atom is 0.328 e. The SMILES string of the molecule is CCCCCCCC/C=C\CCCCCCCC(=O)ON(CCCn1cccn1)OC. The van der Waals surface area contributed by atoms with Crippen LogP contribution in [0, 0.1) is 0 Å². The van der Waals surface area contributed by atoms with Gasteiger partial charge in [-0.3, -0.25) is 14.3 Å². The van der Waals surface area contributed by atoms with Gasteiger partial charge in [-0.2, -0.15) is 5.10 Å². The Balaban J connectivity index is 1.89. The Morgan fingerprint density at radius 1 is 0.935 bits per heavy atom. The average molecular weight is 436 g/mol. The minimum Gasteiger partial charge on any atom is -0.342 e. The Kier molecular flexibility index (Phi) is 17.9. The summed E-state index contributed by atoms with van der Waals surface area (Å²) in [6.45, 7) is 3.55. The molecule has 0 saturated heterocycles. The number of hydroxylamine groups is 2. The van der Waals surface area contributed by atoms with Crippen LogP contribution >= 0.6 is 0 Å². The molecule has 0 aliphatic carbocycles. The second-order valence-corrected chi connectivity index (χ2v) is 8.16. The Morgan fingerprint density at radius 3 is 2.19 bits per heavy atom. The van der Waals surface area contributed by atoms with Crippen LogP contribution in [0.1, 0.15) is 103 Å². The first-order valence-corrected chi connectivity index (χ1v) is 12.4. The number of nitrogens with zero attached hydrogens (tertiary/aromatic N) is 3. The second-order valence-electron chi connectivity index (χ2n) is 8.16. The Labute approximate surface area is 189 Å². The molecule has 0 aromatic carbocycles. The summed E-state index contributed by atoms with van der Waals surface area (Å²) in [5.41, 5.74) is 0. The van der Waals surface area contributed by atoms with Gasteiger partial charge in [0.2, 0.25) is 0 Å². The highest BCUT2D eigenvalue weighted by Crippen LogP contribution is 2.10. The first kappa shape index (κ1) is 27.4. The number of aryl methyl sites for hydroxylation is 1. The van der Waals surface area contributed by atoms with Gasteiger partial charge < -0.3 is 4.84 Å². The minimum atomic E-state index is -0.224. The van der Waals surface area contributed by atoms with Crippen molar-refractivity contribution in [1.82, 2.24) is 15.0 Å². The van der Waals surface area contributed by atoms with Gasteiger partial charge in [-0.1, -0.05) is 70.4 Å². The van der Waals surface area contributed by atoms with Crippen LogP contribution < -0.4 is 0 Å². The van der Waals surface area contributed by atoms with E-state index < -0.39 is 0 Å². The van der Waals surface area contributed by atoms with Crippen molar-refractivity contribution in [2.75, 3.05) is 13.7 Å². The third-order valence-corrected chi connectivity index (χ3v) is 5.34. The molecule has 1 aromatic rings. The molecule has 6 nitrogen and oxygen atoms in total. The molecule has 0 atom stereocenters. The highest BCUT2D eigenvalue weighted by molar-refractivity contribution is 5.68. The minimum absolute atomic E-state index is 0.224. The van der Waals surface area contributed by atoms with Gasteiger partial charge in [-0.05, 0) is 49.8 Å². The van der Waals surface area contributed by atoms with Crippen molar-refractivity contribution in [2.24, 2.45) is 0 Å². The summed E-state index contributed by atoms with van der Waals surface area (Å²) >= 11 is 0. The molecule has 0 saturated carbocycles. The molecule has 1 heterocycles. The fourth-order valence-corrected chi connectivity index (χ4v) is 3.47. The van der Waals surface area contributed by atoms with Crippen molar-refractivity contribution >= 4 is 5.97 Å². The molecule has 0 spiro atoms. The van der Waals surface area contributed by atoms with Crippen molar-refractivity contribution in [3.05, 3.63) is 30.6 Å². The number of aromatic nitrogens is 2. The van der Waals surface area contributed by atoms with E-state index in [-0.39, 0.29) is 5.97 Å². The zero-order valence-corrected chi connectivity index (χ0v) is 20.0. The molecule has 0 unspecified atom stereocenters. The molecule has 0 amide bonds. The maximum atomic E-state index is 12.0. The van der Waals surface area contributed by atoms with Crippen LogP contribution in [0.4, 0.5) is 0 Å². The van der Waals surface area contributed by atoms with Gasteiger partial charge in [0, 0.05) is 25.4 Å². The molecule has 0 fully saturated rings. The summed E-state index contributed by atoms with van der Waals surface area (Å²) in [5.74, 6) is -0.224. The highest BCUT2D eigenvalue weighted by Gasteiger charge is 2.11. The second kappa shape index (κ2) is 20.3. The van der Waals surface area contributed by atoms with Gasteiger partial charge in [-0.15, -0.1) is 0 Å². The van der Waals surface area contributed by atoms with Gasteiger partial charge in [0.1, 0.15) is 0 Å². The van der Waals surface area contributed by atoms with Crippen LogP contribution in [-0.4, -0.2) is 34.6 Å². The van der Waals surface area contributed by atoms with Gasteiger partial charge in [0.15, 0.2) is 0 Å². The normalized spacial score (nSPS) is 11.6. The van der Waals surface area contributed by atoms with Gasteiger partial charge in [0.25, 0.3) is 0 Å². The maximum absolute atomic E-state index is 12.0. The quantitative estimate of drug-likeness (QED) is 0.123. The number of hydrogen-bond acceptors (Lipinski definition) is 5. The summed E-state index contributed by atoms with van der Waals surface area (Å²) in [6.07, 6.45) is 25.8. The third-order valence-electron chi connectivity index (χ3n) is 5.34. The molecule has 0 bridgehead atoms. The van der Waals surface area contributed by atoms with Crippen LogP contribution in [0.15, 0.2) is 30.6 Å². The van der Waals surface area contributed by atoms with Crippen LogP contribution in [0.25, 0.3) is 0 Å². The Hall–Kier alpha value is -1.66. The number of rotatable bonds is 21. The number of allylic oxidation sites excluding steroid dienone is 2. The molecule has 0 radical (unpaired) electrons. The van der Waals surface area contributed by atoms with Gasteiger partial charge in [0.05, 0.1) is 13.7 Å². The number of unbranched alkanes of at least 4 members (excludes halogenated alkanes) is 11. The van der Waals surface area contributed by atoms with E-state index in [0.717, 1.165) is 25.8 Å². The molecule has 6 heteroatoms. The smallest absolute Gasteiger partial charge is 0.328 e. The first-order valence-electron chi connectivity index (χ1n) is 12.4. The fraction of sp³-hybridized carbons (Fsp3) is 0.760. The number of carbonyl (C=O) groups is 1. The molecule has 1 rings (SSSR count). The lowest BCUT2D eigenvalue weighted by Crippen LogP contribution is -2.28. The van der Waals surface area contributed by atoms with Crippen LogP contribution in [0.3, 0.4) is 0 Å². The zero-order valence-electron chi connectivity index (χ0n) is 20.0. The lowest BCUT2D eigenvalue weighted by atomic mass is 10.1. The highest BCUT2D eigenvalue weighted by atomic mass is 17.0. The molecule has 1 aromatic heterocycles. The van der Waals surface area contributed by atoms with Crippen LogP contribution in [0.5, 0.6) is 0 Å². The lowest BCUT2D eigenvalue weighted by Gasteiger charge is -2.18. The average Bonchev–Trinajstić information content (AvgIpc) is 3.29. The van der Waals surface area contributed by atoms with Gasteiger partial charge >= 0.3 is 5.97 Å². The van der Waals surface area contributed by atoms with Crippen molar-refractivity contribution in [3.8, 4) is 0 Å². The molecule has 31 heavy (non-hydrogen) atoms. The van der Waals surface area contributed by atoms with E-state index >= 15 is 0 Å². The molecule has 178 valence electrons. The molecular weight excluding hydrogens is 390 g/mol. The van der Waals surface area contributed by atoms with Crippen LogP contribution in [-0.2, 0) is 21.0 Å². The summed E-state index contributed by atoms with van der Waals surface area (Å²) in [6, 6.07) is 1.89. The molecule has 0 aliphatic rings. The fourth-order valence-electron chi connectivity index (χ4n) is 3.47. The van der Waals surface area contributed by atoms with Crippen LogP contribution in [0.2, 0.25) is 0 Å². The van der Waals surface area contributed by atoms with Crippen molar-refractivity contribution in [2.45, 2.75) is 110 Å². The summed E-state index contributed by atoms with van der Waals surface area (Å²) in [7, 11) is 1.52.